The predicted molar refractivity (Wildman–Crippen MR) is 78.8 cm³/mol. The molecule has 0 fully saturated rings. The van der Waals surface area contributed by atoms with Crippen molar-refractivity contribution in [3.05, 3.63) is 20.6 Å². The molecule has 2 heterocycles. The van der Waals surface area contributed by atoms with Crippen LogP contribution in [0.5, 0.6) is 5.88 Å². The highest BCUT2D eigenvalue weighted by Gasteiger charge is 2.25. The van der Waals surface area contributed by atoms with Crippen LogP contribution < -0.4 is 0 Å². The summed E-state index contributed by atoms with van der Waals surface area (Å²) in [6.45, 7) is 2.93. The molecule has 19 heavy (non-hydrogen) atoms. The van der Waals surface area contributed by atoms with E-state index in [2.05, 4.69) is 25.9 Å². The second-order valence-electron chi connectivity index (χ2n) is 4.06. The van der Waals surface area contributed by atoms with E-state index in [-0.39, 0.29) is 5.88 Å². The summed E-state index contributed by atoms with van der Waals surface area (Å²) in [5.74, 6) is 0.801. The van der Waals surface area contributed by atoms with Crippen molar-refractivity contribution in [2.45, 2.75) is 25.3 Å². The summed E-state index contributed by atoms with van der Waals surface area (Å²) in [6, 6.07) is 0. The number of thioether (sulfide) groups is 1. The van der Waals surface area contributed by atoms with Crippen LogP contribution >= 0.6 is 39.3 Å². The van der Waals surface area contributed by atoms with Gasteiger partial charge in [-0.2, -0.15) is 4.98 Å². The maximum atomic E-state index is 10.2. The highest BCUT2D eigenvalue weighted by atomic mass is 79.9. The largest absolute Gasteiger partial charge is 0.493 e. The summed E-state index contributed by atoms with van der Waals surface area (Å²) in [5.41, 5.74) is 2.45. The Morgan fingerprint density at radius 3 is 2.84 bits per heavy atom. The van der Waals surface area contributed by atoms with E-state index in [0.29, 0.717) is 34.3 Å². The van der Waals surface area contributed by atoms with Gasteiger partial charge in [0.05, 0.1) is 29.1 Å². The van der Waals surface area contributed by atoms with Crippen molar-refractivity contribution in [1.29, 1.82) is 0 Å². The van der Waals surface area contributed by atoms with Gasteiger partial charge < -0.3 is 9.84 Å². The third kappa shape index (κ3) is 2.11. The molecule has 4 nitrogen and oxygen atoms in total. The second-order valence-corrected chi connectivity index (χ2v) is 6.47. The number of aromatic hydroxyl groups is 1. The van der Waals surface area contributed by atoms with Gasteiger partial charge in [-0.05, 0) is 32.8 Å². The van der Waals surface area contributed by atoms with Crippen LogP contribution in [0, 0.1) is 0 Å². The fourth-order valence-electron chi connectivity index (χ4n) is 2.14. The smallest absolute Gasteiger partial charge is 0.223 e. The van der Waals surface area contributed by atoms with Crippen LogP contribution in [-0.2, 0) is 18.0 Å². The molecule has 1 N–H and O–H groups in total. The lowest BCUT2D eigenvalue weighted by molar-refractivity contribution is 0.134. The van der Waals surface area contributed by atoms with Crippen molar-refractivity contribution in [1.82, 2.24) is 9.97 Å². The van der Waals surface area contributed by atoms with E-state index >= 15 is 0 Å². The zero-order valence-electron chi connectivity index (χ0n) is 10.0. The van der Waals surface area contributed by atoms with Gasteiger partial charge in [0.15, 0.2) is 5.16 Å². The van der Waals surface area contributed by atoms with Crippen LogP contribution in [-0.4, -0.2) is 20.8 Å². The van der Waals surface area contributed by atoms with E-state index < -0.39 is 0 Å². The molecule has 100 valence electrons. The van der Waals surface area contributed by atoms with Gasteiger partial charge in [0.25, 0.3) is 0 Å². The van der Waals surface area contributed by atoms with Gasteiger partial charge in [0.2, 0.25) is 5.88 Å². The van der Waals surface area contributed by atoms with E-state index in [4.69, 9.17) is 16.3 Å². The molecule has 2 aromatic rings. The summed E-state index contributed by atoms with van der Waals surface area (Å²) in [7, 11) is 0. The van der Waals surface area contributed by atoms with Crippen molar-refractivity contribution in [2.75, 3.05) is 5.75 Å². The van der Waals surface area contributed by atoms with E-state index in [1.54, 1.807) is 0 Å². The van der Waals surface area contributed by atoms with Crippen LogP contribution in [0.1, 0.15) is 18.1 Å². The van der Waals surface area contributed by atoms with Gasteiger partial charge >= 0.3 is 0 Å². The average molecular weight is 362 g/mol. The van der Waals surface area contributed by atoms with E-state index in [0.717, 1.165) is 21.4 Å². The van der Waals surface area contributed by atoms with Gasteiger partial charge in [-0.15, -0.1) is 0 Å². The molecule has 0 amide bonds. The topological polar surface area (TPSA) is 55.2 Å². The Bertz CT molecular complexity index is 681. The molecule has 1 aromatic heterocycles. The molecule has 0 saturated carbocycles. The zero-order valence-corrected chi connectivity index (χ0v) is 13.2. The molecule has 0 unspecified atom stereocenters. The average Bonchev–Trinajstić information content (AvgIpc) is 2.85. The van der Waals surface area contributed by atoms with Gasteiger partial charge in [0, 0.05) is 4.47 Å². The van der Waals surface area contributed by atoms with E-state index in [1.165, 1.54) is 11.8 Å². The fourth-order valence-corrected chi connectivity index (χ4v) is 3.50. The Morgan fingerprint density at radius 1 is 1.37 bits per heavy atom. The summed E-state index contributed by atoms with van der Waals surface area (Å²) < 4.78 is 6.22. The molecule has 0 bridgehead atoms. The number of fused-ring (bicyclic) bond motifs is 3. The molecule has 0 radical (unpaired) electrons. The quantitative estimate of drug-likeness (QED) is 0.649. The van der Waals surface area contributed by atoms with Crippen molar-refractivity contribution in [3.8, 4) is 5.88 Å². The summed E-state index contributed by atoms with van der Waals surface area (Å²) in [5, 5.41) is 11.8. The number of hydrogen-bond donors (Lipinski definition) is 1. The summed E-state index contributed by atoms with van der Waals surface area (Å²) in [4.78, 5) is 8.56. The fraction of sp³-hybridized carbons (Fsp3) is 0.333. The van der Waals surface area contributed by atoms with E-state index in [9.17, 15) is 5.11 Å². The number of rotatable bonds is 2. The number of benzene rings is 1. The third-order valence-corrected chi connectivity index (χ3v) is 5.17. The summed E-state index contributed by atoms with van der Waals surface area (Å²) >= 11 is 11.3. The highest BCUT2D eigenvalue weighted by Crippen LogP contribution is 2.43. The third-order valence-electron chi connectivity index (χ3n) is 2.97. The first-order chi connectivity index (χ1) is 9.13. The Hall–Kier alpha value is -0.560. The minimum Gasteiger partial charge on any atom is -0.493 e. The molecule has 1 aromatic carbocycles. The lowest BCUT2D eigenvalue weighted by Crippen LogP contribution is -1.96. The SMILES string of the molecule is CCSc1nc(O)c2c3c(c(Br)c(Cl)c2n1)COC3. The predicted octanol–water partition coefficient (Wildman–Crippen LogP) is 3.89. The minimum atomic E-state index is -0.0305. The van der Waals surface area contributed by atoms with Crippen LogP contribution in [0.2, 0.25) is 5.02 Å². The van der Waals surface area contributed by atoms with Crippen LogP contribution in [0.15, 0.2) is 9.63 Å². The Morgan fingerprint density at radius 2 is 2.11 bits per heavy atom. The van der Waals surface area contributed by atoms with Gasteiger partial charge in [-0.3, -0.25) is 0 Å². The van der Waals surface area contributed by atoms with Crippen molar-refractivity contribution < 1.29 is 9.84 Å². The number of ether oxygens (including phenoxy) is 1. The van der Waals surface area contributed by atoms with E-state index in [1.807, 2.05) is 6.92 Å². The van der Waals surface area contributed by atoms with Gasteiger partial charge in [0.1, 0.15) is 0 Å². The molecule has 0 saturated heterocycles. The number of halogens is 2. The second kappa shape index (κ2) is 5.09. The molecule has 0 spiro atoms. The maximum absolute atomic E-state index is 10.2. The molecule has 3 rings (SSSR count). The number of nitrogens with zero attached hydrogens (tertiary/aromatic N) is 2. The first kappa shape index (κ1) is 13.4. The van der Waals surface area contributed by atoms with Crippen LogP contribution in [0.25, 0.3) is 10.9 Å². The molecule has 1 aliphatic rings. The Labute approximate surface area is 127 Å². The lowest BCUT2D eigenvalue weighted by Gasteiger charge is -2.11. The summed E-state index contributed by atoms with van der Waals surface area (Å²) in [6.07, 6.45) is 0. The molecule has 1 aliphatic heterocycles. The van der Waals surface area contributed by atoms with Crippen LogP contribution in [0.3, 0.4) is 0 Å². The first-order valence-corrected chi connectivity index (χ1v) is 7.89. The highest BCUT2D eigenvalue weighted by molar-refractivity contribution is 9.10. The molecular formula is C12H10BrClN2O2S. The molecular weight excluding hydrogens is 352 g/mol. The van der Waals surface area contributed by atoms with Crippen LogP contribution in [0.4, 0.5) is 0 Å². The molecule has 7 heteroatoms. The van der Waals surface area contributed by atoms with Gasteiger partial charge in [-0.1, -0.05) is 30.3 Å². The maximum Gasteiger partial charge on any atom is 0.223 e. The normalized spacial score (nSPS) is 14.1. The van der Waals surface area contributed by atoms with Crippen molar-refractivity contribution >= 4 is 50.2 Å². The standard InChI is InChI=1S/C12H10BrClN2O2S/c1-2-19-12-15-10-7(11(17)16-12)5-3-18-4-6(5)8(13)9(10)14/h2-4H2,1H3,(H,15,16,17). The molecule has 0 atom stereocenters. The molecule has 0 aliphatic carbocycles. The number of hydrogen-bond acceptors (Lipinski definition) is 5. The first-order valence-electron chi connectivity index (χ1n) is 5.73. The monoisotopic (exact) mass is 360 g/mol. The van der Waals surface area contributed by atoms with Gasteiger partial charge in [-0.25, -0.2) is 4.98 Å². The number of aromatic nitrogens is 2. The van der Waals surface area contributed by atoms with Crippen molar-refractivity contribution in [3.63, 3.8) is 0 Å². The minimum absolute atomic E-state index is 0.0305. The Balaban J connectivity index is 2.38. The lowest BCUT2D eigenvalue weighted by atomic mass is 10.1. The van der Waals surface area contributed by atoms with Crippen molar-refractivity contribution in [2.24, 2.45) is 0 Å². The zero-order chi connectivity index (χ0) is 13.6. The Kier molecular flexibility index (Phi) is 3.59.